The summed E-state index contributed by atoms with van der Waals surface area (Å²) >= 11 is 0. The zero-order chi connectivity index (χ0) is 13.7. The first-order valence-corrected chi connectivity index (χ1v) is 7.23. The molecule has 97 valence electrons. The summed E-state index contributed by atoms with van der Waals surface area (Å²) in [6.07, 6.45) is 3.67. The third-order valence-corrected chi connectivity index (χ3v) is 4.77. The normalized spacial score (nSPS) is 22.5. The molecule has 3 aliphatic carbocycles. The van der Waals surface area contributed by atoms with Gasteiger partial charge in [0.2, 0.25) is 0 Å². The van der Waals surface area contributed by atoms with Crippen LogP contribution in [0.3, 0.4) is 0 Å². The van der Waals surface area contributed by atoms with Crippen molar-refractivity contribution in [3.8, 4) is 0 Å². The van der Waals surface area contributed by atoms with E-state index in [-0.39, 0.29) is 5.41 Å². The molecule has 20 heavy (non-hydrogen) atoms. The minimum Gasteiger partial charge on any atom is -0.0622 e. The Morgan fingerprint density at radius 3 is 1.70 bits per heavy atom. The fourth-order valence-electron chi connectivity index (χ4n) is 4.07. The van der Waals surface area contributed by atoms with E-state index in [1.807, 2.05) is 0 Å². The summed E-state index contributed by atoms with van der Waals surface area (Å²) < 4.78 is 0. The molecule has 0 heterocycles. The molecular weight excluding hydrogens is 240 g/mol. The average Bonchev–Trinajstić information content (AvgIpc) is 2.99. The summed E-state index contributed by atoms with van der Waals surface area (Å²) in [6.45, 7) is 4.50. The number of hydrogen-bond acceptors (Lipinski definition) is 0. The van der Waals surface area contributed by atoms with Crippen LogP contribution < -0.4 is 0 Å². The first kappa shape index (κ1) is 11.7. The quantitative estimate of drug-likeness (QED) is 0.732. The largest absolute Gasteiger partial charge is 0.0678 e. The minimum absolute atomic E-state index is 0.0357. The second kappa shape index (κ2) is 3.96. The summed E-state index contributed by atoms with van der Waals surface area (Å²) in [6, 6.07) is 21.7. The molecule has 0 aliphatic heterocycles. The Hall–Kier alpha value is -2.08. The lowest BCUT2D eigenvalue weighted by Crippen LogP contribution is -2.39. The topological polar surface area (TPSA) is 0 Å². The predicted octanol–water partition coefficient (Wildman–Crippen LogP) is 4.68. The molecule has 5 rings (SSSR count). The first-order valence-electron chi connectivity index (χ1n) is 7.23. The van der Waals surface area contributed by atoms with Gasteiger partial charge in [-0.2, -0.15) is 0 Å². The molecule has 0 heteroatoms. The molecule has 0 nitrogen and oxygen atoms in total. The zero-order valence-corrected chi connectivity index (χ0v) is 11.9. The number of fused-ring (bicyclic) bond motifs is 1. The summed E-state index contributed by atoms with van der Waals surface area (Å²) in [5.74, 6) is 0.436. The van der Waals surface area contributed by atoms with Crippen LogP contribution in [-0.2, 0) is 5.41 Å². The van der Waals surface area contributed by atoms with Crippen molar-refractivity contribution in [2.24, 2.45) is 5.92 Å². The Morgan fingerprint density at radius 2 is 1.35 bits per heavy atom. The van der Waals surface area contributed by atoms with Crippen LogP contribution in [0.25, 0.3) is 0 Å². The highest BCUT2D eigenvalue weighted by molar-refractivity contribution is 5.75. The molecule has 0 saturated carbocycles. The summed E-state index contributed by atoms with van der Waals surface area (Å²) in [4.78, 5) is 0. The number of rotatable bonds is 2. The van der Waals surface area contributed by atoms with E-state index in [2.05, 4.69) is 80.6 Å². The van der Waals surface area contributed by atoms with Crippen molar-refractivity contribution in [1.82, 2.24) is 0 Å². The summed E-state index contributed by atoms with van der Waals surface area (Å²) in [7, 11) is 0. The molecule has 1 atom stereocenters. The van der Waals surface area contributed by atoms with Gasteiger partial charge in [-0.3, -0.25) is 0 Å². The van der Waals surface area contributed by atoms with Gasteiger partial charge in [-0.05, 0) is 40.8 Å². The summed E-state index contributed by atoms with van der Waals surface area (Å²) in [5.41, 5.74) is 7.08. The highest BCUT2D eigenvalue weighted by Crippen LogP contribution is 2.63. The van der Waals surface area contributed by atoms with E-state index in [0.717, 1.165) is 0 Å². The number of hydrogen-bond donors (Lipinski definition) is 0. The predicted molar refractivity (Wildman–Crippen MR) is 82.3 cm³/mol. The van der Waals surface area contributed by atoms with Crippen molar-refractivity contribution in [2.45, 2.75) is 19.3 Å². The molecule has 2 aromatic rings. The van der Waals surface area contributed by atoms with E-state index >= 15 is 0 Å². The maximum absolute atomic E-state index is 3.67. The van der Waals surface area contributed by atoms with Crippen LogP contribution in [0, 0.1) is 12.0 Å². The van der Waals surface area contributed by atoms with Crippen LogP contribution in [-0.4, -0.2) is 0 Å². The Kier molecular flexibility index (Phi) is 2.32. The van der Waals surface area contributed by atoms with Crippen LogP contribution >= 0.6 is 0 Å². The van der Waals surface area contributed by atoms with Gasteiger partial charge in [0.25, 0.3) is 0 Å². The van der Waals surface area contributed by atoms with Crippen molar-refractivity contribution in [1.29, 1.82) is 0 Å². The van der Waals surface area contributed by atoms with Crippen LogP contribution in [0.1, 0.15) is 25.0 Å². The second-order valence-electron chi connectivity index (χ2n) is 5.76. The summed E-state index contributed by atoms with van der Waals surface area (Å²) in [5, 5.41) is 0. The van der Waals surface area contributed by atoms with Gasteiger partial charge in [0.05, 0.1) is 5.41 Å². The Morgan fingerprint density at radius 1 is 0.850 bits per heavy atom. The maximum atomic E-state index is 3.67. The van der Waals surface area contributed by atoms with E-state index in [0.29, 0.717) is 5.92 Å². The van der Waals surface area contributed by atoms with Crippen molar-refractivity contribution in [3.05, 3.63) is 94.6 Å². The van der Waals surface area contributed by atoms with Gasteiger partial charge < -0.3 is 0 Å². The van der Waals surface area contributed by atoms with Crippen molar-refractivity contribution in [3.63, 3.8) is 0 Å². The van der Waals surface area contributed by atoms with Crippen LogP contribution in [0.2, 0.25) is 0 Å². The zero-order valence-electron chi connectivity index (χ0n) is 11.9. The van der Waals surface area contributed by atoms with Crippen LogP contribution in [0.5, 0.6) is 0 Å². The molecule has 1 radical (unpaired) electrons. The standard InChI is InChI=1S/C20H17/c1-14-13-18-15(2)19(14)20(18,16-9-5-3-6-10-16)17-11-7-4-8-12-17/h3-12,14H,1-2H3. The molecule has 2 bridgehead atoms. The van der Waals surface area contributed by atoms with Gasteiger partial charge >= 0.3 is 0 Å². The van der Waals surface area contributed by atoms with E-state index in [9.17, 15) is 0 Å². The first-order chi connectivity index (χ1) is 9.76. The lowest BCUT2D eigenvalue weighted by Gasteiger charge is -2.45. The molecule has 0 fully saturated rings. The van der Waals surface area contributed by atoms with Gasteiger partial charge in [-0.25, -0.2) is 0 Å². The second-order valence-corrected chi connectivity index (χ2v) is 5.76. The molecule has 0 amide bonds. The third kappa shape index (κ3) is 1.22. The fraction of sp³-hybridized carbons (Fsp3) is 0.200. The Labute approximate surface area is 120 Å². The lowest BCUT2D eigenvalue weighted by molar-refractivity contribution is 0.625. The van der Waals surface area contributed by atoms with Gasteiger partial charge in [-0.1, -0.05) is 67.6 Å². The van der Waals surface area contributed by atoms with Gasteiger partial charge in [0.15, 0.2) is 0 Å². The third-order valence-electron chi connectivity index (χ3n) is 4.77. The van der Waals surface area contributed by atoms with E-state index in [1.54, 1.807) is 0 Å². The maximum Gasteiger partial charge on any atom is 0.0678 e. The molecule has 3 aliphatic rings. The van der Waals surface area contributed by atoms with Gasteiger partial charge in [0, 0.05) is 5.92 Å². The fourth-order valence-corrected chi connectivity index (χ4v) is 4.07. The number of allylic oxidation sites excluding steroid dienone is 4. The van der Waals surface area contributed by atoms with Crippen LogP contribution in [0.15, 0.2) is 77.4 Å². The highest BCUT2D eigenvalue weighted by Gasteiger charge is 2.55. The van der Waals surface area contributed by atoms with Gasteiger partial charge in [-0.15, -0.1) is 0 Å². The molecule has 0 N–H and O–H groups in total. The van der Waals surface area contributed by atoms with E-state index in [1.165, 1.54) is 27.8 Å². The molecule has 0 aromatic heterocycles. The van der Waals surface area contributed by atoms with Gasteiger partial charge in [0.1, 0.15) is 0 Å². The molecule has 1 unspecified atom stereocenters. The molecule has 0 spiro atoms. The monoisotopic (exact) mass is 257 g/mol. The number of benzene rings is 2. The van der Waals surface area contributed by atoms with E-state index < -0.39 is 0 Å². The Bertz CT molecular complexity index is 678. The molecular formula is C20H17. The average molecular weight is 257 g/mol. The SMILES string of the molecule is CC1=C2C(C)[C]=C1C2(c1ccccc1)c1ccccc1. The highest BCUT2D eigenvalue weighted by atomic mass is 14.6. The van der Waals surface area contributed by atoms with Crippen LogP contribution in [0.4, 0.5) is 0 Å². The Balaban J connectivity index is 2.02. The smallest absolute Gasteiger partial charge is 0.0622 e. The van der Waals surface area contributed by atoms with Crippen molar-refractivity contribution in [2.75, 3.05) is 0 Å². The molecule has 2 aromatic carbocycles. The van der Waals surface area contributed by atoms with Crippen molar-refractivity contribution < 1.29 is 0 Å². The van der Waals surface area contributed by atoms with Crippen molar-refractivity contribution >= 4 is 0 Å². The minimum atomic E-state index is -0.0357. The lowest BCUT2D eigenvalue weighted by atomic mass is 9.56. The van der Waals surface area contributed by atoms with E-state index in [4.69, 9.17) is 0 Å². The molecule has 0 saturated heterocycles.